The number of aliphatic carboxylic acids is 1. The van der Waals surface area contributed by atoms with Crippen molar-refractivity contribution in [2.24, 2.45) is 0 Å². The molecule has 0 bridgehead atoms. The summed E-state index contributed by atoms with van der Waals surface area (Å²) < 4.78 is 11.0. The fourth-order valence-electron chi connectivity index (χ4n) is 3.28. The van der Waals surface area contributed by atoms with Crippen LogP contribution in [-0.4, -0.2) is 30.1 Å². The highest BCUT2D eigenvalue weighted by Gasteiger charge is 2.21. The van der Waals surface area contributed by atoms with Gasteiger partial charge in [-0.3, -0.25) is 9.59 Å². The molecule has 1 aromatic carbocycles. The van der Waals surface area contributed by atoms with Gasteiger partial charge in [-0.15, -0.1) is 0 Å². The molecule has 7 heteroatoms. The first-order chi connectivity index (χ1) is 12.5. The van der Waals surface area contributed by atoms with Gasteiger partial charge >= 0.3 is 11.6 Å². The first-order valence-electron chi connectivity index (χ1n) is 8.67. The summed E-state index contributed by atoms with van der Waals surface area (Å²) in [7, 11) is 0. The maximum atomic E-state index is 12.1. The van der Waals surface area contributed by atoms with E-state index < -0.39 is 5.97 Å². The van der Waals surface area contributed by atoms with Crippen LogP contribution in [0.4, 0.5) is 0 Å². The number of carbonyl (C=O) groups is 2. The third-order valence-corrected chi connectivity index (χ3v) is 4.59. The van der Waals surface area contributed by atoms with E-state index in [0.717, 1.165) is 35.8 Å². The zero-order valence-electron chi connectivity index (χ0n) is 14.6. The number of carboxylic acids is 1. The Morgan fingerprint density at radius 1 is 1.27 bits per heavy atom. The standard InChI is InChI=1S/C19H21NO6/c1-11-15(25-10-16(21)20-9-3-6-17(22)23)8-7-13-12-4-2-5-14(12)19(24)26-18(11)13/h7-8H,2-6,9-10H2,1H3,(H,20,21)(H,22,23). The molecule has 1 amide bonds. The summed E-state index contributed by atoms with van der Waals surface area (Å²) in [5.74, 6) is -0.736. The zero-order chi connectivity index (χ0) is 18.7. The van der Waals surface area contributed by atoms with Crippen LogP contribution in [0.3, 0.4) is 0 Å². The molecule has 1 heterocycles. The highest BCUT2D eigenvalue weighted by Crippen LogP contribution is 2.32. The van der Waals surface area contributed by atoms with Crippen LogP contribution >= 0.6 is 0 Å². The van der Waals surface area contributed by atoms with Gasteiger partial charge in [0.1, 0.15) is 11.3 Å². The molecule has 1 aliphatic carbocycles. The number of benzene rings is 1. The van der Waals surface area contributed by atoms with Crippen molar-refractivity contribution in [2.75, 3.05) is 13.2 Å². The Balaban J connectivity index is 1.69. The second kappa shape index (κ2) is 7.59. The molecule has 0 spiro atoms. The van der Waals surface area contributed by atoms with Gasteiger partial charge in [-0.1, -0.05) is 0 Å². The van der Waals surface area contributed by atoms with E-state index in [1.165, 1.54) is 0 Å². The van der Waals surface area contributed by atoms with Gasteiger partial charge in [0.25, 0.3) is 5.91 Å². The molecule has 1 aromatic heterocycles. The van der Waals surface area contributed by atoms with Crippen molar-refractivity contribution >= 4 is 22.8 Å². The first kappa shape index (κ1) is 18.0. The molecule has 2 aromatic rings. The normalized spacial score (nSPS) is 12.8. The van der Waals surface area contributed by atoms with Crippen molar-refractivity contribution in [3.8, 4) is 5.75 Å². The minimum Gasteiger partial charge on any atom is -0.483 e. The predicted octanol–water partition coefficient (Wildman–Crippen LogP) is 1.95. The molecule has 0 fully saturated rings. The Hall–Kier alpha value is -2.83. The van der Waals surface area contributed by atoms with E-state index in [2.05, 4.69) is 5.32 Å². The van der Waals surface area contributed by atoms with Crippen LogP contribution in [0.15, 0.2) is 21.3 Å². The maximum Gasteiger partial charge on any atom is 0.339 e. The number of rotatable bonds is 7. The monoisotopic (exact) mass is 359 g/mol. The highest BCUT2D eigenvalue weighted by atomic mass is 16.5. The summed E-state index contributed by atoms with van der Waals surface area (Å²) in [4.78, 5) is 34.3. The second-order valence-electron chi connectivity index (χ2n) is 6.40. The number of aryl methyl sites for hydroxylation is 2. The average Bonchev–Trinajstić information content (AvgIpc) is 3.09. The summed E-state index contributed by atoms with van der Waals surface area (Å²) in [6, 6.07) is 3.66. The predicted molar refractivity (Wildman–Crippen MR) is 94.6 cm³/mol. The minimum absolute atomic E-state index is 0.00821. The van der Waals surface area contributed by atoms with E-state index >= 15 is 0 Å². The SMILES string of the molecule is Cc1c(OCC(=O)NCCCC(=O)O)ccc2c3c(c(=O)oc12)CCC3. The number of amides is 1. The van der Waals surface area contributed by atoms with E-state index in [1.54, 1.807) is 13.0 Å². The van der Waals surface area contributed by atoms with E-state index in [9.17, 15) is 14.4 Å². The van der Waals surface area contributed by atoms with Crippen molar-refractivity contribution in [1.29, 1.82) is 0 Å². The fraction of sp³-hybridized carbons (Fsp3) is 0.421. The third-order valence-electron chi connectivity index (χ3n) is 4.59. The van der Waals surface area contributed by atoms with E-state index in [-0.39, 0.29) is 31.1 Å². The number of carboxylic acid groups (broad SMARTS) is 1. The molecule has 3 rings (SSSR count). The molecule has 26 heavy (non-hydrogen) atoms. The van der Waals surface area contributed by atoms with Crippen LogP contribution in [0.1, 0.15) is 36.0 Å². The van der Waals surface area contributed by atoms with Gasteiger partial charge in [-0.05, 0) is 50.3 Å². The number of ether oxygens (including phenoxy) is 1. The second-order valence-corrected chi connectivity index (χ2v) is 6.40. The number of hydrogen-bond donors (Lipinski definition) is 2. The summed E-state index contributed by atoms with van der Waals surface area (Å²) in [5, 5.41) is 12.1. The third kappa shape index (κ3) is 3.71. The van der Waals surface area contributed by atoms with Crippen LogP contribution in [-0.2, 0) is 22.4 Å². The Morgan fingerprint density at radius 3 is 2.81 bits per heavy atom. The Labute approximate surface area is 150 Å². The average molecular weight is 359 g/mol. The molecule has 0 saturated heterocycles. The number of fused-ring (bicyclic) bond motifs is 3. The molecule has 0 unspecified atom stereocenters. The Bertz CT molecular complexity index is 914. The summed E-state index contributed by atoms with van der Waals surface area (Å²) in [6.07, 6.45) is 2.96. The quantitative estimate of drug-likeness (QED) is 0.578. The van der Waals surface area contributed by atoms with E-state index in [0.29, 0.717) is 23.3 Å². The van der Waals surface area contributed by atoms with E-state index in [4.69, 9.17) is 14.3 Å². The highest BCUT2D eigenvalue weighted by molar-refractivity contribution is 5.86. The number of hydrogen-bond acceptors (Lipinski definition) is 5. The molecule has 2 N–H and O–H groups in total. The molecule has 0 radical (unpaired) electrons. The van der Waals surface area contributed by atoms with Crippen LogP contribution in [0.5, 0.6) is 5.75 Å². The lowest BCUT2D eigenvalue weighted by Crippen LogP contribution is -2.30. The number of nitrogens with one attached hydrogen (secondary N) is 1. The van der Waals surface area contributed by atoms with E-state index in [1.807, 2.05) is 6.07 Å². The van der Waals surface area contributed by atoms with Crippen molar-refractivity contribution in [2.45, 2.75) is 39.0 Å². The van der Waals surface area contributed by atoms with Crippen LogP contribution in [0.25, 0.3) is 11.0 Å². The van der Waals surface area contributed by atoms with Gasteiger partial charge in [-0.2, -0.15) is 0 Å². The molecule has 0 saturated carbocycles. The van der Waals surface area contributed by atoms with Gasteiger partial charge < -0.3 is 19.6 Å². The van der Waals surface area contributed by atoms with Gasteiger partial charge in [0, 0.05) is 29.5 Å². The lowest BCUT2D eigenvalue weighted by Gasteiger charge is -2.12. The summed E-state index contributed by atoms with van der Waals surface area (Å²) in [5.41, 5.74) is 2.73. The summed E-state index contributed by atoms with van der Waals surface area (Å²) >= 11 is 0. The zero-order valence-corrected chi connectivity index (χ0v) is 14.6. The Morgan fingerprint density at radius 2 is 2.04 bits per heavy atom. The number of carbonyl (C=O) groups excluding carboxylic acids is 1. The van der Waals surface area contributed by atoms with Gasteiger partial charge in [0.2, 0.25) is 0 Å². The lowest BCUT2D eigenvalue weighted by molar-refractivity contribution is -0.137. The van der Waals surface area contributed by atoms with Gasteiger partial charge in [0.15, 0.2) is 6.61 Å². The molecule has 1 aliphatic rings. The smallest absolute Gasteiger partial charge is 0.339 e. The van der Waals surface area contributed by atoms with Crippen LogP contribution in [0.2, 0.25) is 0 Å². The van der Waals surface area contributed by atoms with Crippen molar-refractivity contribution in [1.82, 2.24) is 5.32 Å². The lowest BCUT2D eigenvalue weighted by atomic mass is 10.0. The van der Waals surface area contributed by atoms with Crippen molar-refractivity contribution in [3.63, 3.8) is 0 Å². The molecular weight excluding hydrogens is 338 g/mol. The fourth-order valence-corrected chi connectivity index (χ4v) is 3.28. The van der Waals surface area contributed by atoms with Crippen LogP contribution in [0, 0.1) is 6.92 Å². The van der Waals surface area contributed by atoms with Gasteiger partial charge in [-0.25, -0.2) is 4.79 Å². The molecule has 0 atom stereocenters. The van der Waals surface area contributed by atoms with Gasteiger partial charge in [0.05, 0.1) is 0 Å². The molecule has 0 aliphatic heterocycles. The Kier molecular flexibility index (Phi) is 5.25. The first-order valence-corrected chi connectivity index (χ1v) is 8.67. The molecule has 138 valence electrons. The van der Waals surface area contributed by atoms with Crippen molar-refractivity contribution < 1.29 is 23.8 Å². The molecule has 7 nitrogen and oxygen atoms in total. The summed E-state index contributed by atoms with van der Waals surface area (Å²) in [6.45, 7) is 1.90. The minimum atomic E-state index is -0.893. The molecular formula is C19H21NO6. The van der Waals surface area contributed by atoms with Crippen molar-refractivity contribution in [3.05, 3.63) is 39.2 Å². The topological polar surface area (TPSA) is 106 Å². The maximum absolute atomic E-state index is 12.1. The largest absolute Gasteiger partial charge is 0.483 e. The van der Waals surface area contributed by atoms with Crippen LogP contribution < -0.4 is 15.7 Å².